The van der Waals surface area contributed by atoms with Crippen LogP contribution in [0, 0.1) is 0 Å². The SMILES string of the molecule is COc1ccc([C@@](O)(CCc2ccccc2)CCN2CCCCC2)cc1. The number of hydrogen-bond acceptors (Lipinski definition) is 3. The van der Waals surface area contributed by atoms with E-state index in [1.54, 1.807) is 7.11 Å². The van der Waals surface area contributed by atoms with E-state index in [2.05, 4.69) is 29.2 Å². The molecule has 0 bridgehead atoms. The maximum Gasteiger partial charge on any atom is 0.118 e. The molecular formula is C23H31NO2. The van der Waals surface area contributed by atoms with E-state index >= 15 is 0 Å². The van der Waals surface area contributed by atoms with Crippen LogP contribution in [0.4, 0.5) is 0 Å². The summed E-state index contributed by atoms with van der Waals surface area (Å²) in [6, 6.07) is 18.4. The van der Waals surface area contributed by atoms with Crippen LogP contribution in [0.3, 0.4) is 0 Å². The standard InChI is InChI=1S/C23H31NO2/c1-26-22-12-10-21(11-13-22)23(25,15-14-20-8-4-2-5-9-20)16-19-24-17-6-3-7-18-24/h2,4-5,8-13,25H,3,6-7,14-19H2,1H3/t23-/m1/s1. The lowest BCUT2D eigenvalue weighted by molar-refractivity contribution is 0.00732. The quantitative estimate of drug-likeness (QED) is 0.764. The average molecular weight is 354 g/mol. The van der Waals surface area contributed by atoms with Crippen LogP contribution < -0.4 is 4.74 Å². The van der Waals surface area contributed by atoms with Crippen molar-refractivity contribution < 1.29 is 9.84 Å². The molecule has 1 fully saturated rings. The number of rotatable bonds is 8. The zero-order chi connectivity index (χ0) is 18.2. The van der Waals surface area contributed by atoms with Crippen molar-refractivity contribution in [1.82, 2.24) is 4.90 Å². The number of benzene rings is 2. The largest absolute Gasteiger partial charge is 0.497 e. The van der Waals surface area contributed by atoms with Crippen LogP contribution in [0.1, 0.15) is 43.2 Å². The van der Waals surface area contributed by atoms with Crippen molar-refractivity contribution in [2.75, 3.05) is 26.7 Å². The van der Waals surface area contributed by atoms with E-state index in [1.807, 2.05) is 30.3 Å². The Morgan fingerprint density at radius 3 is 2.27 bits per heavy atom. The molecule has 1 heterocycles. The molecule has 0 aliphatic carbocycles. The molecule has 1 aliphatic heterocycles. The molecule has 1 atom stereocenters. The van der Waals surface area contributed by atoms with Crippen molar-refractivity contribution >= 4 is 0 Å². The molecule has 3 heteroatoms. The average Bonchev–Trinajstić information content (AvgIpc) is 2.72. The molecule has 140 valence electrons. The molecule has 0 radical (unpaired) electrons. The third-order valence-corrected chi connectivity index (χ3v) is 5.59. The summed E-state index contributed by atoms with van der Waals surface area (Å²) in [7, 11) is 1.67. The number of hydrogen-bond donors (Lipinski definition) is 1. The number of ether oxygens (including phenoxy) is 1. The summed E-state index contributed by atoms with van der Waals surface area (Å²) in [5.41, 5.74) is 1.46. The molecular weight excluding hydrogens is 322 g/mol. The molecule has 0 unspecified atom stereocenters. The van der Waals surface area contributed by atoms with Gasteiger partial charge >= 0.3 is 0 Å². The molecule has 2 aromatic rings. The highest BCUT2D eigenvalue weighted by atomic mass is 16.5. The normalized spacial score (nSPS) is 17.6. The molecule has 0 spiro atoms. The molecule has 1 N–H and O–H groups in total. The van der Waals surface area contributed by atoms with Gasteiger partial charge < -0.3 is 14.7 Å². The third kappa shape index (κ3) is 5.09. The number of nitrogens with zero attached hydrogens (tertiary/aromatic N) is 1. The van der Waals surface area contributed by atoms with Crippen LogP contribution in [0.5, 0.6) is 5.75 Å². The summed E-state index contributed by atoms with van der Waals surface area (Å²) in [4.78, 5) is 2.50. The van der Waals surface area contributed by atoms with Crippen molar-refractivity contribution in [3.63, 3.8) is 0 Å². The Labute approximate surface area is 157 Å². The molecule has 2 aromatic carbocycles. The minimum absolute atomic E-state index is 0.733. The second-order valence-corrected chi connectivity index (χ2v) is 7.40. The topological polar surface area (TPSA) is 32.7 Å². The highest BCUT2D eigenvalue weighted by molar-refractivity contribution is 5.31. The first-order valence-electron chi connectivity index (χ1n) is 9.83. The van der Waals surface area contributed by atoms with Crippen molar-refractivity contribution in [3.8, 4) is 5.75 Å². The summed E-state index contributed by atoms with van der Waals surface area (Å²) in [5, 5.41) is 11.6. The van der Waals surface area contributed by atoms with Crippen molar-refractivity contribution in [1.29, 1.82) is 0 Å². The first-order chi connectivity index (χ1) is 12.7. The molecule has 0 saturated carbocycles. The second-order valence-electron chi connectivity index (χ2n) is 7.40. The van der Waals surface area contributed by atoms with E-state index in [0.717, 1.165) is 50.2 Å². The van der Waals surface area contributed by atoms with E-state index in [9.17, 15) is 5.11 Å². The van der Waals surface area contributed by atoms with Gasteiger partial charge in [-0.25, -0.2) is 0 Å². The minimum atomic E-state index is -0.806. The minimum Gasteiger partial charge on any atom is -0.497 e. The second kappa shape index (κ2) is 9.20. The van der Waals surface area contributed by atoms with Crippen LogP contribution in [-0.4, -0.2) is 36.8 Å². The van der Waals surface area contributed by atoms with Gasteiger partial charge in [-0.15, -0.1) is 0 Å². The predicted octanol–water partition coefficient (Wildman–Crippen LogP) is 4.39. The third-order valence-electron chi connectivity index (χ3n) is 5.59. The molecule has 26 heavy (non-hydrogen) atoms. The molecule has 1 saturated heterocycles. The van der Waals surface area contributed by atoms with Crippen LogP contribution in [0.15, 0.2) is 54.6 Å². The van der Waals surface area contributed by atoms with Gasteiger partial charge in [-0.2, -0.15) is 0 Å². The Hall–Kier alpha value is -1.84. The zero-order valence-electron chi connectivity index (χ0n) is 15.9. The summed E-state index contributed by atoms with van der Waals surface area (Å²) < 4.78 is 5.28. The molecule has 1 aliphatic rings. The lowest BCUT2D eigenvalue weighted by atomic mass is 9.84. The maximum absolute atomic E-state index is 11.6. The Kier molecular flexibility index (Phi) is 6.70. The van der Waals surface area contributed by atoms with E-state index in [4.69, 9.17) is 4.74 Å². The fourth-order valence-electron chi connectivity index (χ4n) is 3.84. The fraction of sp³-hybridized carbons (Fsp3) is 0.478. The van der Waals surface area contributed by atoms with Crippen molar-refractivity contribution in [2.24, 2.45) is 0 Å². The van der Waals surface area contributed by atoms with Gasteiger partial charge in [-0.05, 0) is 68.5 Å². The zero-order valence-corrected chi connectivity index (χ0v) is 15.9. The number of methoxy groups -OCH3 is 1. The van der Waals surface area contributed by atoms with Gasteiger partial charge in [0, 0.05) is 6.54 Å². The highest BCUT2D eigenvalue weighted by Gasteiger charge is 2.30. The van der Waals surface area contributed by atoms with E-state index in [0.29, 0.717) is 0 Å². The van der Waals surface area contributed by atoms with Crippen molar-refractivity contribution in [2.45, 2.75) is 44.1 Å². The van der Waals surface area contributed by atoms with Crippen molar-refractivity contribution in [3.05, 3.63) is 65.7 Å². The van der Waals surface area contributed by atoms with Gasteiger partial charge in [0.2, 0.25) is 0 Å². The first-order valence-corrected chi connectivity index (χ1v) is 9.83. The fourth-order valence-corrected chi connectivity index (χ4v) is 3.84. The van der Waals surface area contributed by atoms with E-state index in [1.165, 1.54) is 24.8 Å². The Morgan fingerprint density at radius 2 is 1.62 bits per heavy atom. The van der Waals surface area contributed by atoms with Crippen LogP contribution >= 0.6 is 0 Å². The highest BCUT2D eigenvalue weighted by Crippen LogP contribution is 2.32. The van der Waals surface area contributed by atoms with Gasteiger partial charge in [0.15, 0.2) is 0 Å². The van der Waals surface area contributed by atoms with Gasteiger partial charge in [-0.1, -0.05) is 48.9 Å². The number of aliphatic hydroxyl groups is 1. The summed E-state index contributed by atoms with van der Waals surface area (Å²) >= 11 is 0. The van der Waals surface area contributed by atoms with Crippen LogP contribution in [0.2, 0.25) is 0 Å². The van der Waals surface area contributed by atoms with E-state index in [-0.39, 0.29) is 0 Å². The Bertz CT molecular complexity index is 650. The van der Waals surface area contributed by atoms with E-state index < -0.39 is 5.60 Å². The lowest BCUT2D eigenvalue weighted by Crippen LogP contribution is -2.36. The van der Waals surface area contributed by atoms with Gasteiger partial charge in [0.05, 0.1) is 12.7 Å². The van der Waals surface area contributed by atoms with Gasteiger partial charge in [-0.3, -0.25) is 0 Å². The molecule has 0 amide bonds. The number of aryl methyl sites for hydroxylation is 1. The summed E-state index contributed by atoms with van der Waals surface area (Å²) in [6.07, 6.45) is 6.29. The first kappa shape index (κ1) is 18.9. The maximum atomic E-state index is 11.6. The molecule has 0 aromatic heterocycles. The summed E-state index contributed by atoms with van der Waals surface area (Å²) in [6.45, 7) is 3.28. The number of likely N-dealkylation sites (tertiary alicyclic amines) is 1. The monoisotopic (exact) mass is 353 g/mol. The van der Waals surface area contributed by atoms with Crippen LogP contribution in [0.25, 0.3) is 0 Å². The number of piperidine rings is 1. The van der Waals surface area contributed by atoms with Gasteiger partial charge in [0.1, 0.15) is 5.75 Å². The molecule has 3 rings (SSSR count). The van der Waals surface area contributed by atoms with Crippen LogP contribution in [-0.2, 0) is 12.0 Å². The Morgan fingerprint density at radius 1 is 0.923 bits per heavy atom. The smallest absolute Gasteiger partial charge is 0.118 e. The predicted molar refractivity (Wildman–Crippen MR) is 107 cm³/mol. The summed E-state index contributed by atoms with van der Waals surface area (Å²) in [5.74, 6) is 0.829. The Balaban J connectivity index is 1.72. The lowest BCUT2D eigenvalue weighted by Gasteiger charge is -2.33. The van der Waals surface area contributed by atoms with Gasteiger partial charge in [0.25, 0.3) is 0 Å². The molecule has 3 nitrogen and oxygen atoms in total.